The van der Waals surface area contributed by atoms with Crippen molar-refractivity contribution in [3.8, 4) is 0 Å². The van der Waals surface area contributed by atoms with Crippen LogP contribution in [0.5, 0.6) is 0 Å². The third kappa shape index (κ3) is 2.52. The lowest BCUT2D eigenvalue weighted by Gasteiger charge is -2.06. The van der Waals surface area contributed by atoms with Gasteiger partial charge in [0.15, 0.2) is 5.82 Å². The molecule has 9 heteroatoms. The van der Waals surface area contributed by atoms with E-state index in [4.69, 9.17) is 34.8 Å². The Bertz CT molecular complexity index is 485. The highest BCUT2D eigenvalue weighted by Gasteiger charge is 2.08. The average molecular weight is 280 g/mol. The first kappa shape index (κ1) is 11.4. The molecule has 2 rings (SSSR count). The van der Waals surface area contributed by atoms with Crippen LogP contribution in [0.2, 0.25) is 15.2 Å². The number of nitrogens with one attached hydrogen (secondary N) is 2. The van der Waals surface area contributed by atoms with Gasteiger partial charge in [0.2, 0.25) is 0 Å². The lowest BCUT2D eigenvalue weighted by molar-refractivity contribution is 0.881. The van der Waals surface area contributed by atoms with Crippen LogP contribution in [0.4, 0.5) is 5.82 Å². The third-order valence-electron chi connectivity index (χ3n) is 1.69. The van der Waals surface area contributed by atoms with E-state index in [0.29, 0.717) is 28.2 Å². The number of pyridine rings is 1. The van der Waals surface area contributed by atoms with Crippen LogP contribution in [0.25, 0.3) is 0 Å². The molecule has 2 heterocycles. The number of hydrogen-bond acceptors (Lipinski definition) is 5. The molecule has 0 bridgehead atoms. The Balaban J connectivity index is 2.12. The number of tetrazole rings is 1. The average Bonchev–Trinajstić information content (AvgIpc) is 2.74. The van der Waals surface area contributed by atoms with Crippen LogP contribution in [-0.4, -0.2) is 25.6 Å². The number of hydrogen-bond donors (Lipinski definition) is 2. The van der Waals surface area contributed by atoms with Crippen molar-refractivity contribution in [3.63, 3.8) is 0 Å². The minimum absolute atomic E-state index is 0.182. The number of aromatic nitrogens is 5. The van der Waals surface area contributed by atoms with E-state index in [0.717, 1.165) is 0 Å². The number of rotatable bonds is 3. The number of nitrogens with zero attached hydrogens (tertiary/aromatic N) is 4. The molecule has 6 nitrogen and oxygen atoms in total. The third-order valence-corrected chi connectivity index (χ3v) is 2.65. The predicted octanol–water partition coefficient (Wildman–Crippen LogP) is 2.17. The molecule has 0 aliphatic heterocycles. The normalized spacial score (nSPS) is 10.4. The molecule has 2 aromatic rings. The molecule has 2 aromatic heterocycles. The SMILES string of the molecule is Clc1cc(Cl)c(NCc2nn[nH]n2)nc1Cl. The molecular weight excluding hydrogens is 274 g/mol. The lowest BCUT2D eigenvalue weighted by atomic mass is 10.4. The zero-order valence-electron chi connectivity index (χ0n) is 7.71. The molecule has 0 aliphatic rings. The molecular formula is C7H5Cl3N6. The van der Waals surface area contributed by atoms with Gasteiger partial charge in [-0.1, -0.05) is 40.0 Å². The van der Waals surface area contributed by atoms with E-state index in [1.54, 1.807) is 0 Å². The Morgan fingerprint density at radius 1 is 1.25 bits per heavy atom. The molecule has 0 fully saturated rings. The highest BCUT2D eigenvalue weighted by Crippen LogP contribution is 2.28. The van der Waals surface area contributed by atoms with E-state index in [1.165, 1.54) is 6.07 Å². The first-order valence-corrected chi connectivity index (χ1v) is 5.28. The fourth-order valence-corrected chi connectivity index (χ4v) is 1.55. The van der Waals surface area contributed by atoms with Gasteiger partial charge in [0.1, 0.15) is 11.0 Å². The van der Waals surface area contributed by atoms with Crippen molar-refractivity contribution < 1.29 is 0 Å². The molecule has 16 heavy (non-hydrogen) atoms. The zero-order chi connectivity index (χ0) is 11.5. The van der Waals surface area contributed by atoms with Gasteiger partial charge in [0, 0.05) is 0 Å². The summed E-state index contributed by atoms with van der Waals surface area (Å²) >= 11 is 17.4. The highest BCUT2D eigenvalue weighted by molar-refractivity contribution is 6.42. The summed E-state index contributed by atoms with van der Waals surface area (Å²) in [5.74, 6) is 0.907. The molecule has 0 saturated carbocycles. The standard InChI is InChI=1S/C7H5Cl3N6/c8-3-1-4(9)7(12-6(3)10)11-2-5-13-15-16-14-5/h1H,2H2,(H,11,12)(H,13,14,15,16). The minimum atomic E-state index is 0.182. The Kier molecular flexibility index (Phi) is 3.42. The van der Waals surface area contributed by atoms with Crippen LogP contribution < -0.4 is 5.32 Å². The van der Waals surface area contributed by atoms with Crippen LogP contribution in [0, 0.1) is 0 Å². The maximum atomic E-state index is 5.91. The van der Waals surface area contributed by atoms with E-state index < -0.39 is 0 Å². The Hall–Kier alpha value is -1.11. The second kappa shape index (κ2) is 4.82. The fraction of sp³-hybridized carbons (Fsp3) is 0.143. The number of anilines is 1. The van der Waals surface area contributed by atoms with Crippen molar-refractivity contribution in [2.75, 3.05) is 5.32 Å². The van der Waals surface area contributed by atoms with E-state index in [2.05, 4.69) is 30.9 Å². The molecule has 0 aromatic carbocycles. The minimum Gasteiger partial charge on any atom is -0.361 e. The van der Waals surface area contributed by atoms with Crippen molar-refractivity contribution >= 4 is 40.6 Å². The quantitative estimate of drug-likeness (QED) is 0.842. The first-order chi connectivity index (χ1) is 7.66. The van der Waals surface area contributed by atoms with E-state index >= 15 is 0 Å². The summed E-state index contributed by atoms with van der Waals surface area (Å²) in [6.07, 6.45) is 0. The Morgan fingerprint density at radius 2 is 2.06 bits per heavy atom. The lowest BCUT2D eigenvalue weighted by Crippen LogP contribution is -2.04. The maximum Gasteiger partial charge on any atom is 0.193 e. The fourth-order valence-electron chi connectivity index (χ4n) is 0.988. The van der Waals surface area contributed by atoms with Crippen molar-refractivity contribution in [2.24, 2.45) is 0 Å². The van der Waals surface area contributed by atoms with E-state index in [9.17, 15) is 0 Å². The van der Waals surface area contributed by atoms with Gasteiger partial charge >= 0.3 is 0 Å². The molecule has 0 saturated heterocycles. The molecule has 0 aliphatic carbocycles. The molecule has 0 atom stereocenters. The predicted molar refractivity (Wildman–Crippen MR) is 60.8 cm³/mol. The molecule has 0 unspecified atom stereocenters. The Morgan fingerprint density at radius 3 is 2.75 bits per heavy atom. The van der Waals surface area contributed by atoms with Gasteiger partial charge in [-0.3, -0.25) is 0 Å². The largest absolute Gasteiger partial charge is 0.361 e. The molecule has 2 N–H and O–H groups in total. The molecule has 0 amide bonds. The van der Waals surface area contributed by atoms with Crippen molar-refractivity contribution in [2.45, 2.75) is 6.54 Å². The second-order valence-electron chi connectivity index (χ2n) is 2.77. The molecule has 84 valence electrons. The zero-order valence-corrected chi connectivity index (χ0v) is 9.97. The van der Waals surface area contributed by atoms with Crippen LogP contribution in [0.1, 0.15) is 5.82 Å². The van der Waals surface area contributed by atoms with Crippen LogP contribution in [-0.2, 0) is 6.54 Å². The first-order valence-electron chi connectivity index (χ1n) is 4.14. The van der Waals surface area contributed by atoms with Crippen LogP contribution >= 0.6 is 34.8 Å². The van der Waals surface area contributed by atoms with Gasteiger partial charge in [-0.2, -0.15) is 5.21 Å². The molecule has 0 spiro atoms. The summed E-state index contributed by atoms with van der Waals surface area (Å²) in [6.45, 7) is 0.335. The maximum absolute atomic E-state index is 5.91. The van der Waals surface area contributed by atoms with Crippen LogP contribution in [0.3, 0.4) is 0 Å². The summed E-state index contributed by atoms with van der Waals surface area (Å²) < 4.78 is 0. The summed E-state index contributed by atoms with van der Waals surface area (Å²) in [5.41, 5.74) is 0. The Labute approximate surface area is 105 Å². The topological polar surface area (TPSA) is 79.4 Å². The van der Waals surface area contributed by atoms with Gasteiger partial charge in [0.05, 0.1) is 16.6 Å². The van der Waals surface area contributed by atoms with Crippen LogP contribution in [0.15, 0.2) is 6.07 Å². The monoisotopic (exact) mass is 278 g/mol. The summed E-state index contributed by atoms with van der Waals surface area (Å²) in [4.78, 5) is 3.98. The van der Waals surface area contributed by atoms with Crippen molar-refractivity contribution in [1.82, 2.24) is 25.6 Å². The second-order valence-corrected chi connectivity index (χ2v) is 3.95. The van der Waals surface area contributed by atoms with Gasteiger partial charge in [-0.25, -0.2) is 4.98 Å². The van der Waals surface area contributed by atoms with Gasteiger partial charge in [-0.05, 0) is 6.07 Å². The van der Waals surface area contributed by atoms with Gasteiger partial charge < -0.3 is 5.32 Å². The number of H-pyrrole nitrogens is 1. The van der Waals surface area contributed by atoms with Gasteiger partial charge in [0.25, 0.3) is 0 Å². The number of halogens is 3. The summed E-state index contributed by atoms with van der Waals surface area (Å²) in [7, 11) is 0. The highest BCUT2D eigenvalue weighted by atomic mass is 35.5. The number of aromatic amines is 1. The summed E-state index contributed by atoms with van der Waals surface area (Å²) in [5, 5.41) is 17.0. The van der Waals surface area contributed by atoms with E-state index in [-0.39, 0.29) is 5.15 Å². The smallest absolute Gasteiger partial charge is 0.193 e. The van der Waals surface area contributed by atoms with Crippen molar-refractivity contribution in [3.05, 3.63) is 27.1 Å². The molecule has 0 radical (unpaired) electrons. The summed E-state index contributed by atoms with van der Waals surface area (Å²) in [6, 6.07) is 1.51. The van der Waals surface area contributed by atoms with E-state index in [1.807, 2.05) is 0 Å². The van der Waals surface area contributed by atoms with Crippen molar-refractivity contribution in [1.29, 1.82) is 0 Å². The van der Waals surface area contributed by atoms with Gasteiger partial charge in [-0.15, -0.1) is 10.2 Å².